The number of carbonyl (C=O) groups excluding carboxylic acids is 1. The van der Waals surface area contributed by atoms with Crippen LogP contribution in [0.5, 0.6) is 0 Å². The molecule has 6 heteroatoms. The van der Waals surface area contributed by atoms with Crippen LogP contribution in [0.1, 0.15) is 10.4 Å². The molecule has 0 aliphatic heterocycles. The fraction of sp³-hybridized carbons (Fsp3) is 0. The van der Waals surface area contributed by atoms with E-state index in [1.165, 1.54) is 36.5 Å². The molecule has 1 heterocycles. The Morgan fingerprint density at radius 3 is 2.83 bits per heavy atom. The number of rotatable bonds is 2. The van der Waals surface area contributed by atoms with Gasteiger partial charge in [-0.15, -0.1) is 0 Å². The van der Waals surface area contributed by atoms with Crippen LogP contribution in [-0.4, -0.2) is 10.9 Å². The lowest BCUT2D eigenvalue weighted by Gasteiger charge is -2.08. The predicted molar refractivity (Wildman–Crippen MR) is 68.0 cm³/mol. The van der Waals surface area contributed by atoms with Crippen LogP contribution in [0.15, 0.2) is 36.5 Å². The van der Waals surface area contributed by atoms with Gasteiger partial charge in [-0.05, 0) is 24.3 Å². The van der Waals surface area contributed by atoms with E-state index in [1.807, 2.05) is 0 Å². The average Bonchev–Trinajstić information content (AvgIpc) is 2.34. The standard InChI is InChI=1S/C12H9ClFN3O/c13-8-2-1-3-9(14)11(8)17-12(18)7-4-5-16-10(15)6-7/h1-6H,(H2,15,16)(H,17,18). The zero-order valence-electron chi connectivity index (χ0n) is 9.15. The van der Waals surface area contributed by atoms with Gasteiger partial charge in [0.1, 0.15) is 11.6 Å². The normalized spacial score (nSPS) is 10.1. The van der Waals surface area contributed by atoms with Gasteiger partial charge in [-0.25, -0.2) is 9.37 Å². The zero-order chi connectivity index (χ0) is 13.1. The molecule has 0 aliphatic rings. The molecule has 2 rings (SSSR count). The highest BCUT2D eigenvalue weighted by Crippen LogP contribution is 2.25. The van der Waals surface area contributed by atoms with Gasteiger partial charge in [0, 0.05) is 11.8 Å². The number of amides is 1. The molecule has 0 bridgehead atoms. The molecule has 18 heavy (non-hydrogen) atoms. The summed E-state index contributed by atoms with van der Waals surface area (Å²) >= 11 is 5.80. The third kappa shape index (κ3) is 2.57. The smallest absolute Gasteiger partial charge is 0.255 e. The minimum Gasteiger partial charge on any atom is -0.384 e. The summed E-state index contributed by atoms with van der Waals surface area (Å²) in [7, 11) is 0. The summed E-state index contributed by atoms with van der Waals surface area (Å²) in [6.45, 7) is 0. The van der Waals surface area contributed by atoms with Crippen LogP contribution in [0.25, 0.3) is 0 Å². The lowest BCUT2D eigenvalue weighted by Crippen LogP contribution is -2.13. The van der Waals surface area contributed by atoms with Crippen LogP contribution in [-0.2, 0) is 0 Å². The summed E-state index contributed by atoms with van der Waals surface area (Å²) in [6.07, 6.45) is 1.40. The summed E-state index contributed by atoms with van der Waals surface area (Å²) in [5.41, 5.74) is 5.68. The third-order valence-electron chi connectivity index (χ3n) is 2.24. The maximum atomic E-state index is 13.5. The van der Waals surface area contributed by atoms with Crippen molar-refractivity contribution < 1.29 is 9.18 Å². The van der Waals surface area contributed by atoms with Crippen LogP contribution in [0.2, 0.25) is 5.02 Å². The zero-order valence-corrected chi connectivity index (χ0v) is 9.91. The van der Waals surface area contributed by atoms with Crippen molar-refractivity contribution in [1.29, 1.82) is 0 Å². The molecular formula is C12H9ClFN3O. The lowest BCUT2D eigenvalue weighted by atomic mass is 10.2. The van der Waals surface area contributed by atoms with Crippen LogP contribution < -0.4 is 11.1 Å². The number of aromatic nitrogens is 1. The predicted octanol–water partition coefficient (Wildman–Crippen LogP) is 2.71. The maximum absolute atomic E-state index is 13.5. The van der Waals surface area contributed by atoms with Crippen molar-refractivity contribution in [3.8, 4) is 0 Å². The number of nitrogens with one attached hydrogen (secondary N) is 1. The van der Waals surface area contributed by atoms with E-state index in [1.54, 1.807) is 0 Å². The second kappa shape index (κ2) is 5.01. The van der Waals surface area contributed by atoms with E-state index in [2.05, 4.69) is 10.3 Å². The molecule has 0 atom stereocenters. The number of nitrogens with two attached hydrogens (primary N) is 1. The summed E-state index contributed by atoms with van der Waals surface area (Å²) in [5.74, 6) is -0.892. The SMILES string of the molecule is Nc1cc(C(=O)Nc2c(F)cccc2Cl)ccn1. The van der Waals surface area contributed by atoms with Crippen molar-refractivity contribution in [2.24, 2.45) is 0 Å². The topological polar surface area (TPSA) is 68.0 Å². The molecule has 92 valence electrons. The molecule has 2 aromatic rings. The second-order valence-electron chi connectivity index (χ2n) is 3.52. The number of nitrogen functional groups attached to an aromatic ring is 1. The molecule has 0 spiro atoms. The Balaban J connectivity index is 2.27. The molecule has 0 unspecified atom stereocenters. The molecule has 0 fully saturated rings. The van der Waals surface area contributed by atoms with Gasteiger partial charge >= 0.3 is 0 Å². The number of carbonyl (C=O) groups is 1. The molecule has 0 saturated heterocycles. The first-order chi connectivity index (χ1) is 8.58. The van der Waals surface area contributed by atoms with Gasteiger partial charge in [-0.1, -0.05) is 17.7 Å². The van der Waals surface area contributed by atoms with Crippen molar-refractivity contribution in [2.45, 2.75) is 0 Å². The van der Waals surface area contributed by atoms with E-state index in [0.717, 1.165) is 0 Å². The number of pyridine rings is 1. The average molecular weight is 266 g/mol. The van der Waals surface area contributed by atoms with Crippen LogP contribution in [0.4, 0.5) is 15.9 Å². The first kappa shape index (κ1) is 12.3. The van der Waals surface area contributed by atoms with E-state index < -0.39 is 11.7 Å². The number of hydrogen-bond acceptors (Lipinski definition) is 3. The summed E-state index contributed by atoms with van der Waals surface area (Å²) in [5, 5.41) is 2.52. The number of anilines is 2. The Kier molecular flexibility index (Phi) is 3.43. The first-order valence-electron chi connectivity index (χ1n) is 5.05. The summed E-state index contributed by atoms with van der Waals surface area (Å²) < 4.78 is 13.5. The molecule has 3 N–H and O–H groups in total. The Morgan fingerprint density at radius 1 is 1.39 bits per heavy atom. The van der Waals surface area contributed by atoms with Crippen molar-refractivity contribution in [2.75, 3.05) is 11.1 Å². The van der Waals surface area contributed by atoms with Gasteiger partial charge in [0.15, 0.2) is 0 Å². The van der Waals surface area contributed by atoms with Gasteiger partial charge < -0.3 is 11.1 Å². The summed E-state index contributed by atoms with van der Waals surface area (Å²) in [6, 6.07) is 7.02. The molecule has 0 radical (unpaired) electrons. The molecular weight excluding hydrogens is 257 g/mol. The van der Waals surface area contributed by atoms with Crippen LogP contribution >= 0.6 is 11.6 Å². The van der Waals surface area contributed by atoms with E-state index in [-0.39, 0.29) is 22.1 Å². The van der Waals surface area contributed by atoms with E-state index in [4.69, 9.17) is 17.3 Å². The Morgan fingerprint density at radius 2 is 2.17 bits per heavy atom. The van der Waals surface area contributed by atoms with Crippen LogP contribution in [0, 0.1) is 5.82 Å². The number of para-hydroxylation sites is 1. The largest absolute Gasteiger partial charge is 0.384 e. The molecule has 0 aliphatic carbocycles. The van der Waals surface area contributed by atoms with E-state index >= 15 is 0 Å². The highest BCUT2D eigenvalue weighted by atomic mass is 35.5. The third-order valence-corrected chi connectivity index (χ3v) is 2.56. The van der Waals surface area contributed by atoms with E-state index in [0.29, 0.717) is 0 Å². The van der Waals surface area contributed by atoms with Crippen molar-refractivity contribution in [3.05, 3.63) is 52.9 Å². The molecule has 1 aromatic carbocycles. The van der Waals surface area contributed by atoms with Gasteiger partial charge in [-0.3, -0.25) is 4.79 Å². The van der Waals surface area contributed by atoms with Crippen molar-refractivity contribution >= 4 is 29.0 Å². The van der Waals surface area contributed by atoms with E-state index in [9.17, 15) is 9.18 Å². The van der Waals surface area contributed by atoms with Gasteiger partial charge in [-0.2, -0.15) is 0 Å². The maximum Gasteiger partial charge on any atom is 0.255 e. The fourth-order valence-corrected chi connectivity index (χ4v) is 1.60. The van der Waals surface area contributed by atoms with Gasteiger partial charge in [0.2, 0.25) is 0 Å². The monoisotopic (exact) mass is 265 g/mol. The van der Waals surface area contributed by atoms with Crippen molar-refractivity contribution in [1.82, 2.24) is 4.98 Å². The highest BCUT2D eigenvalue weighted by Gasteiger charge is 2.12. The number of nitrogens with zero attached hydrogens (tertiary/aromatic N) is 1. The first-order valence-corrected chi connectivity index (χ1v) is 5.42. The summed E-state index contributed by atoms with van der Waals surface area (Å²) in [4.78, 5) is 15.6. The van der Waals surface area contributed by atoms with Crippen molar-refractivity contribution in [3.63, 3.8) is 0 Å². The Labute approximate surface area is 108 Å². The fourth-order valence-electron chi connectivity index (χ4n) is 1.39. The quantitative estimate of drug-likeness (QED) is 0.877. The van der Waals surface area contributed by atoms with Crippen LogP contribution in [0.3, 0.4) is 0 Å². The molecule has 1 aromatic heterocycles. The Hall–Kier alpha value is -2.14. The number of hydrogen-bond donors (Lipinski definition) is 2. The highest BCUT2D eigenvalue weighted by molar-refractivity contribution is 6.34. The number of halogens is 2. The molecule has 0 saturated carbocycles. The lowest BCUT2D eigenvalue weighted by molar-refractivity contribution is 0.102. The second-order valence-corrected chi connectivity index (χ2v) is 3.93. The minimum atomic E-state index is -0.599. The van der Waals surface area contributed by atoms with Gasteiger partial charge in [0.05, 0.1) is 10.7 Å². The van der Waals surface area contributed by atoms with Gasteiger partial charge in [0.25, 0.3) is 5.91 Å². The molecule has 1 amide bonds. The Bertz CT molecular complexity index is 583. The number of benzene rings is 1. The molecule has 4 nitrogen and oxygen atoms in total. The minimum absolute atomic E-state index is 0.0560.